The lowest BCUT2D eigenvalue weighted by molar-refractivity contribution is 0.465. The van der Waals surface area contributed by atoms with Gasteiger partial charge in [0.05, 0.1) is 0 Å². The van der Waals surface area contributed by atoms with Gasteiger partial charge in [-0.05, 0) is 59.7 Å². The van der Waals surface area contributed by atoms with Crippen LogP contribution in [0.3, 0.4) is 0 Å². The zero-order chi connectivity index (χ0) is 9.14. The first-order valence-electron chi connectivity index (χ1n) is 3.82. The van der Waals surface area contributed by atoms with Gasteiger partial charge in [0.25, 0.3) is 0 Å². The molecule has 3 N–H and O–H groups in total. The largest absolute Gasteiger partial charge is 0.508 e. The number of aromatic hydroxyl groups is 1. The van der Waals surface area contributed by atoms with Crippen molar-refractivity contribution >= 4 is 22.6 Å². The summed E-state index contributed by atoms with van der Waals surface area (Å²) in [5, 5.41) is 9.42. The van der Waals surface area contributed by atoms with E-state index in [0.29, 0.717) is 5.75 Å². The highest BCUT2D eigenvalue weighted by atomic mass is 127. The van der Waals surface area contributed by atoms with Crippen LogP contribution in [0.4, 0.5) is 0 Å². The summed E-state index contributed by atoms with van der Waals surface area (Å²) in [6.07, 6.45) is 0.725. The Labute approximate surface area is 85.9 Å². The fourth-order valence-electron chi connectivity index (χ4n) is 1.06. The van der Waals surface area contributed by atoms with Gasteiger partial charge in [-0.3, -0.25) is 0 Å². The van der Waals surface area contributed by atoms with Gasteiger partial charge in [-0.15, -0.1) is 0 Å². The summed E-state index contributed by atoms with van der Waals surface area (Å²) in [6, 6.07) is 5.63. The lowest BCUT2D eigenvalue weighted by Gasteiger charge is -2.07. The van der Waals surface area contributed by atoms with Crippen molar-refractivity contribution in [3.63, 3.8) is 0 Å². The predicted octanol–water partition coefficient (Wildman–Crippen LogP) is 1.89. The van der Waals surface area contributed by atoms with Crippen molar-refractivity contribution in [1.82, 2.24) is 0 Å². The molecule has 2 nitrogen and oxygen atoms in total. The molecule has 1 atom stereocenters. The van der Waals surface area contributed by atoms with Gasteiger partial charge in [-0.1, -0.05) is 0 Å². The third-order valence-corrected chi connectivity index (χ3v) is 2.25. The summed E-state index contributed by atoms with van der Waals surface area (Å²) in [6.45, 7) is 1.93. The van der Waals surface area contributed by atoms with Crippen molar-refractivity contribution in [2.24, 2.45) is 5.73 Å². The molecular weight excluding hydrogens is 265 g/mol. The topological polar surface area (TPSA) is 46.2 Å². The van der Waals surface area contributed by atoms with Crippen LogP contribution < -0.4 is 5.73 Å². The van der Waals surface area contributed by atoms with Crippen molar-refractivity contribution in [3.05, 3.63) is 27.3 Å². The number of phenolic OH excluding ortho intramolecular Hbond substituents is 1. The predicted molar refractivity (Wildman–Crippen MR) is 58.2 cm³/mol. The van der Waals surface area contributed by atoms with E-state index in [9.17, 15) is 5.11 Å². The highest BCUT2D eigenvalue weighted by molar-refractivity contribution is 14.1. The Morgan fingerprint density at radius 3 is 2.83 bits per heavy atom. The minimum absolute atomic E-state index is 0.0918. The number of phenols is 1. The third-order valence-electron chi connectivity index (χ3n) is 1.58. The molecule has 1 rings (SSSR count). The van der Waals surface area contributed by atoms with Crippen LogP contribution in [0.25, 0.3) is 0 Å². The van der Waals surface area contributed by atoms with Gasteiger partial charge in [0, 0.05) is 9.61 Å². The normalized spacial score (nSPS) is 12.9. The molecular formula is C9H12INO. The number of nitrogens with two attached hydrogens (primary N) is 1. The highest BCUT2D eigenvalue weighted by Crippen LogP contribution is 2.20. The molecule has 66 valence electrons. The summed E-state index contributed by atoms with van der Waals surface area (Å²) in [5.74, 6) is 0.340. The van der Waals surface area contributed by atoms with E-state index in [-0.39, 0.29) is 6.04 Å². The van der Waals surface area contributed by atoms with Gasteiger partial charge in [-0.25, -0.2) is 0 Å². The minimum Gasteiger partial charge on any atom is -0.508 e. The number of benzene rings is 1. The maximum atomic E-state index is 9.42. The van der Waals surface area contributed by atoms with Crippen molar-refractivity contribution < 1.29 is 5.11 Å². The molecule has 0 aliphatic carbocycles. The molecule has 0 heterocycles. The van der Waals surface area contributed by atoms with Crippen LogP contribution in [0.2, 0.25) is 0 Å². The van der Waals surface area contributed by atoms with E-state index >= 15 is 0 Å². The standard InChI is InChI=1S/C9H12INO/c1-6(11)4-7-5-8(10)2-3-9(7)12/h2-3,5-6,12H,4,11H2,1H3/t6-/m0/s1. The maximum Gasteiger partial charge on any atom is 0.118 e. The Kier molecular flexibility index (Phi) is 3.34. The average Bonchev–Trinajstić information content (AvgIpc) is 1.96. The number of rotatable bonds is 2. The fourth-order valence-corrected chi connectivity index (χ4v) is 1.62. The molecule has 0 aromatic heterocycles. The van der Waals surface area contributed by atoms with Crippen LogP contribution in [-0.2, 0) is 6.42 Å². The molecule has 12 heavy (non-hydrogen) atoms. The molecule has 0 amide bonds. The van der Waals surface area contributed by atoms with Crippen LogP contribution in [0.1, 0.15) is 12.5 Å². The molecule has 0 bridgehead atoms. The zero-order valence-corrected chi connectivity index (χ0v) is 9.08. The van der Waals surface area contributed by atoms with Crippen molar-refractivity contribution in [2.75, 3.05) is 0 Å². The van der Waals surface area contributed by atoms with E-state index in [1.165, 1.54) is 0 Å². The van der Waals surface area contributed by atoms with Crippen LogP contribution in [0.5, 0.6) is 5.75 Å². The first-order chi connectivity index (χ1) is 5.59. The first kappa shape index (κ1) is 9.80. The summed E-state index contributed by atoms with van der Waals surface area (Å²) < 4.78 is 1.13. The van der Waals surface area contributed by atoms with Gasteiger partial charge >= 0.3 is 0 Å². The Hall–Kier alpha value is -0.290. The second kappa shape index (κ2) is 4.09. The molecule has 0 fully saturated rings. The second-order valence-electron chi connectivity index (χ2n) is 2.95. The van der Waals surface area contributed by atoms with E-state index in [1.54, 1.807) is 6.07 Å². The van der Waals surface area contributed by atoms with E-state index < -0.39 is 0 Å². The van der Waals surface area contributed by atoms with E-state index in [2.05, 4.69) is 22.6 Å². The minimum atomic E-state index is 0.0918. The molecule has 0 unspecified atom stereocenters. The summed E-state index contributed by atoms with van der Waals surface area (Å²) in [5.41, 5.74) is 6.56. The van der Waals surface area contributed by atoms with Crippen LogP contribution in [0, 0.1) is 3.57 Å². The molecule has 1 aromatic carbocycles. The number of halogens is 1. The van der Waals surface area contributed by atoms with Crippen molar-refractivity contribution in [2.45, 2.75) is 19.4 Å². The smallest absolute Gasteiger partial charge is 0.118 e. The third kappa shape index (κ3) is 2.64. The zero-order valence-electron chi connectivity index (χ0n) is 6.92. The van der Waals surface area contributed by atoms with Crippen LogP contribution >= 0.6 is 22.6 Å². The van der Waals surface area contributed by atoms with Crippen molar-refractivity contribution in [1.29, 1.82) is 0 Å². The fraction of sp³-hybridized carbons (Fsp3) is 0.333. The highest BCUT2D eigenvalue weighted by Gasteiger charge is 2.03. The lowest BCUT2D eigenvalue weighted by atomic mass is 10.1. The molecule has 0 saturated heterocycles. The molecule has 3 heteroatoms. The van der Waals surface area contributed by atoms with Crippen LogP contribution in [0.15, 0.2) is 18.2 Å². The molecule has 1 aromatic rings. The lowest BCUT2D eigenvalue weighted by Crippen LogP contribution is -2.17. The summed E-state index contributed by atoms with van der Waals surface area (Å²) in [4.78, 5) is 0. The second-order valence-corrected chi connectivity index (χ2v) is 4.20. The molecule has 0 aliphatic rings. The van der Waals surface area contributed by atoms with Gasteiger partial charge in [0.1, 0.15) is 5.75 Å². The quantitative estimate of drug-likeness (QED) is 0.811. The number of hydrogen-bond acceptors (Lipinski definition) is 2. The Balaban J connectivity index is 2.90. The van der Waals surface area contributed by atoms with Crippen LogP contribution in [-0.4, -0.2) is 11.1 Å². The molecule has 0 aliphatic heterocycles. The van der Waals surface area contributed by atoms with Gasteiger partial charge < -0.3 is 10.8 Å². The average molecular weight is 277 g/mol. The summed E-state index contributed by atoms with van der Waals surface area (Å²) in [7, 11) is 0. The van der Waals surface area contributed by atoms with E-state index in [0.717, 1.165) is 15.6 Å². The van der Waals surface area contributed by atoms with Gasteiger partial charge in [0.2, 0.25) is 0 Å². The number of hydrogen-bond donors (Lipinski definition) is 2. The molecule has 0 saturated carbocycles. The Bertz CT molecular complexity index is 273. The Morgan fingerprint density at radius 1 is 1.58 bits per heavy atom. The molecule has 0 radical (unpaired) electrons. The van der Waals surface area contributed by atoms with Crippen molar-refractivity contribution in [3.8, 4) is 5.75 Å². The Morgan fingerprint density at radius 2 is 2.25 bits per heavy atom. The molecule has 0 spiro atoms. The maximum absolute atomic E-state index is 9.42. The summed E-state index contributed by atoms with van der Waals surface area (Å²) >= 11 is 2.22. The van der Waals surface area contributed by atoms with E-state index in [1.807, 2.05) is 19.1 Å². The first-order valence-corrected chi connectivity index (χ1v) is 4.90. The monoisotopic (exact) mass is 277 g/mol. The van der Waals surface area contributed by atoms with Gasteiger partial charge in [0.15, 0.2) is 0 Å². The van der Waals surface area contributed by atoms with Gasteiger partial charge in [-0.2, -0.15) is 0 Å². The van der Waals surface area contributed by atoms with E-state index in [4.69, 9.17) is 5.73 Å². The SMILES string of the molecule is C[C@H](N)Cc1cc(I)ccc1O.